The summed E-state index contributed by atoms with van der Waals surface area (Å²) in [6, 6.07) is 2.51. The quantitative estimate of drug-likeness (QED) is 0.856. The largest absolute Gasteiger partial charge is 0.367 e. The monoisotopic (exact) mass is 277 g/mol. The average molecular weight is 278 g/mol. The predicted octanol–water partition coefficient (Wildman–Crippen LogP) is 3.71. The highest BCUT2D eigenvalue weighted by molar-refractivity contribution is 6.29. The molecule has 3 nitrogen and oxygen atoms in total. The van der Waals surface area contributed by atoms with Crippen LogP contribution in [0.25, 0.3) is 0 Å². The van der Waals surface area contributed by atoms with E-state index in [0.29, 0.717) is 17.1 Å². The van der Waals surface area contributed by atoms with Crippen molar-refractivity contribution >= 4 is 17.4 Å². The van der Waals surface area contributed by atoms with Crippen LogP contribution >= 0.6 is 11.6 Å². The van der Waals surface area contributed by atoms with Crippen molar-refractivity contribution in [3.63, 3.8) is 0 Å². The second-order valence-corrected chi connectivity index (χ2v) is 7.13. The van der Waals surface area contributed by atoms with E-state index >= 15 is 0 Å². The molecule has 1 aromatic rings. The third-order valence-corrected chi connectivity index (χ3v) is 5.47. The molecule has 3 aliphatic rings. The second-order valence-electron chi connectivity index (χ2n) is 6.75. The molecule has 0 amide bonds. The fourth-order valence-electron chi connectivity index (χ4n) is 4.46. The summed E-state index contributed by atoms with van der Waals surface area (Å²) in [7, 11) is 0. The molecule has 1 N–H and O–H groups in total. The van der Waals surface area contributed by atoms with E-state index in [-0.39, 0.29) is 0 Å². The minimum absolute atomic E-state index is 0.314. The molecule has 0 radical (unpaired) electrons. The minimum Gasteiger partial charge on any atom is -0.367 e. The maximum Gasteiger partial charge on any atom is 0.135 e. The first-order chi connectivity index (χ1) is 9.13. The van der Waals surface area contributed by atoms with Crippen molar-refractivity contribution in [3.05, 3.63) is 17.0 Å². The fraction of sp³-hybridized carbons (Fsp3) is 0.733. The highest BCUT2D eigenvalue weighted by Crippen LogP contribution is 2.66. The van der Waals surface area contributed by atoms with E-state index in [1.165, 1.54) is 19.3 Å². The summed E-state index contributed by atoms with van der Waals surface area (Å²) in [5, 5.41) is 4.17. The number of anilines is 1. The Labute approximate surface area is 119 Å². The molecule has 0 aliphatic heterocycles. The first kappa shape index (κ1) is 12.0. The second kappa shape index (κ2) is 4.08. The van der Waals surface area contributed by atoms with Gasteiger partial charge in [-0.15, -0.1) is 0 Å². The van der Waals surface area contributed by atoms with Gasteiger partial charge in [-0.3, -0.25) is 0 Å². The molecular weight excluding hydrogens is 258 g/mol. The van der Waals surface area contributed by atoms with Crippen molar-refractivity contribution in [2.75, 3.05) is 5.32 Å². The van der Waals surface area contributed by atoms with Gasteiger partial charge in [-0.05, 0) is 42.9 Å². The SMILES string of the molecule is CC(C)c1nc(Cl)cc(NC2C3C4CCC(C4)C23)n1. The van der Waals surface area contributed by atoms with Crippen LogP contribution in [-0.4, -0.2) is 16.0 Å². The summed E-state index contributed by atoms with van der Waals surface area (Å²) in [5.41, 5.74) is 0. The number of aromatic nitrogens is 2. The lowest BCUT2D eigenvalue weighted by Gasteiger charge is -2.13. The van der Waals surface area contributed by atoms with Crippen LogP contribution in [0.3, 0.4) is 0 Å². The van der Waals surface area contributed by atoms with Crippen molar-refractivity contribution in [1.82, 2.24) is 9.97 Å². The predicted molar refractivity (Wildman–Crippen MR) is 76.4 cm³/mol. The normalized spacial score (nSPS) is 38.6. The summed E-state index contributed by atoms with van der Waals surface area (Å²) >= 11 is 6.10. The molecular formula is C15H20ClN3. The number of hydrogen-bond acceptors (Lipinski definition) is 3. The highest BCUT2D eigenvalue weighted by Gasteiger charge is 2.65. The van der Waals surface area contributed by atoms with Gasteiger partial charge >= 0.3 is 0 Å². The zero-order chi connectivity index (χ0) is 13.1. The van der Waals surface area contributed by atoms with Crippen LogP contribution in [0.15, 0.2) is 6.07 Å². The van der Waals surface area contributed by atoms with Crippen LogP contribution in [-0.2, 0) is 0 Å². The van der Waals surface area contributed by atoms with Crippen molar-refractivity contribution in [3.8, 4) is 0 Å². The Balaban J connectivity index is 1.52. The van der Waals surface area contributed by atoms with Crippen LogP contribution in [0.2, 0.25) is 5.15 Å². The number of rotatable bonds is 3. The number of hydrogen-bond donors (Lipinski definition) is 1. The Morgan fingerprint density at radius 3 is 2.53 bits per heavy atom. The van der Waals surface area contributed by atoms with E-state index in [1.54, 1.807) is 0 Å². The van der Waals surface area contributed by atoms with Crippen LogP contribution < -0.4 is 5.32 Å². The molecule has 1 heterocycles. The molecule has 1 aromatic heterocycles. The van der Waals surface area contributed by atoms with Crippen LogP contribution in [0.1, 0.15) is 44.9 Å². The van der Waals surface area contributed by atoms with E-state index < -0.39 is 0 Å². The van der Waals surface area contributed by atoms with Crippen LogP contribution in [0, 0.1) is 23.7 Å². The maximum absolute atomic E-state index is 6.10. The van der Waals surface area contributed by atoms with E-state index in [2.05, 4.69) is 29.1 Å². The number of nitrogens with one attached hydrogen (secondary N) is 1. The zero-order valence-electron chi connectivity index (χ0n) is 11.4. The standard InChI is InChI=1S/C15H20ClN3/c1-7(2)15-17-10(16)6-11(19-15)18-14-12-8-3-4-9(5-8)13(12)14/h6-9,12-14H,3-5H2,1-2H3,(H,17,18,19). The van der Waals surface area contributed by atoms with E-state index in [0.717, 1.165) is 35.3 Å². The number of halogens is 1. The molecule has 3 saturated carbocycles. The summed E-state index contributed by atoms with van der Waals surface area (Å²) in [6.07, 6.45) is 4.38. The maximum atomic E-state index is 6.10. The first-order valence-electron chi connectivity index (χ1n) is 7.44. The van der Waals surface area contributed by atoms with Crippen LogP contribution in [0.5, 0.6) is 0 Å². The van der Waals surface area contributed by atoms with Crippen molar-refractivity contribution in [1.29, 1.82) is 0 Å². The topological polar surface area (TPSA) is 37.8 Å². The minimum atomic E-state index is 0.314. The van der Waals surface area contributed by atoms with Gasteiger partial charge in [-0.25, -0.2) is 9.97 Å². The van der Waals surface area contributed by atoms with Crippen molar-refractivity contribution < 1.29 is 0 Å². The summed E-state index contributed by atoms with van der Waals surface area (Å²) < 4.78 is 0. The lowest BCUT2D eigenvalue weighted by molar-refractivity contribution is 0.456. The lowest BCUT2D eigenvalue weighted by atomic mass is 10.0. The Kier molecular flexibility index (Phi) is 2.57. The third-order valence-electron chi connectivity index (χ3n) is 5.28. The lowest BCUT2D eigenvalue weighted by Crippen LogP contribution is -2.14. The van der Waals surface area contributed by atoms with Gasteiger partial charge in [0.1, 0.15) is 16.8 Å². The van der Waals surface area contributed by atoms with Gasteiger partial charge in [0.25, 0.3) is 0 Å². The summed E-state index contributed by atoms with van der Waals surface area (Å²) in [5.74, 6) is 5.86. The molecule has 4 heteroatoms. The molecule has 3 aliphatic carbocycles. The van der Waals surface area contributed by atoms with E-state index in [4.69, 9.17) is 11.6 Å². The van der Waals surface area contributed by atoms with Gasteiger partial charge in [0.05, 0.1) is 0 Å². The number of nitrogens with zero attached hydrogens (tertiary/aromatic N) is 2. The van der Waals surface area contributed by atoms with Crippen molar-refractivity contribution in [2.24, 2.45) is 23.7 Å². The summed E-state index contributed by atoms with van der Waals surface area (Å²) in [6.45, 7) is 4.20. The van der Waals surface area contributed by atoms with Crippen LogP contribution in [0.4, 0.5) is 5.82 Å². The molecule has 19 heavy (non-hydrogen) atoms. The molecule has 102 valence electrons. The molecule has 4 unspecified atom stereocenters. The molecule has 0 spiro atoms. The van der Waals surface area contributed by atoms with Gasteiger partial charge in [0, 0.05) is 18.0 Å². The third kappa shape index (κ3) is 1.85. The Morgan fingerprint density at radius 2 is 1.89 bits per heavy atom. The highest BCUT2D eigenvalue weighted by atomic mass is 35.5. The average Bonchev–Trinajstić information content (AvgIpc) is 2.77. The smallest absolute Gasteiger partial charge is 0.135 e. The Morgan fingerprint density at radius 1 is 1.21 bits per heavy atom. The van der Waals surface area contributed by atoms with Gasteiger partial charge < -0.3 is 5.32 Å². The Hall–Kier alpha value is -0.830. The summed E-state index contributed by atoms with van der Waals surface area (Å²) in [4.78, 5) is 8.89. The van der Waals surface area contributed by atoms with Gasteiger partial charge in [0.2, 0.25) is 0 Å². The van der Waals surface area contributed by atoms with E-state index in [9.17, 15) is 0 Å². The molecule has 0 saturated heterocycles. The zero-order valence-corrected chi connectivity index (χ0v) is 12.2. The molecule has 0 aromatic carbocycles. The fourth-order valence-corrected chi connectivity index (χ4v) is 4.65. The van der Waals surface area contributed by atoms with Gasteiger partial charge in [-0.2, -0.15) is 0 Å². The van der Waals surface area contributed by atoms with Gasteiger partial charge in [-0.1, -0.05) is 25.4 Å². The van der Waals surface area contributed by atoms with Crippen molar-refractivity contribution in [2.45, 2.75) is 45.1 Å². The Bertz CT molecular complexity index is 500. The molecule has 4 atom stereocenters. The number of fused-ring (bicyclic) bond motifs is 5. The molecule has 4 rings (SSSR count). The molecule has 3 fully saturated rings. The first-order valence-corrected chi connectivity index (χ1v) is 7.82. The van der Waals surface area contributed by atoms with Gasteiger partial charge in [0.15, 0.2) is 0 Å². The van der Waals surface area contributed by atoms with E-state index in [1.807, 2.05) is 6.07 Å². The molecule has 2 bridgehead atoms.